The van der Waals surface area contributed by atoms with Crippen LogP contribution in [0, 0.1) is 6.92 Å². The van der Waals surface area contributed by atoms with Crippen LogP contribution in [0.25, 0.3) is 10.2 Å². The van der Waals surface area contributed by atoms with E-state index in [1.54, 1.807) is 0 Å². The predicted octanol–water partition coefficient (Wildman–Crippen LogP) is 1.82. The molecule has 0 aromatic carbocycles. The van der Waals surface area contributed by atoms with Crippen LogP contribution in [0.3, 0.4) is 0 Å². The van der Waals surface area contributed by atoms with E-state index in [0.717, 1.165) is 27.6 Å². The molecule has 1 aliphatic rings. The Kier molecular flexibility index (Phi) is 5.19. The number of fused-ring (bicyclic) bond motifs is 1. The Morgan fingerprint density at radius 1 is 1.40 bits per heavy atom. The molecule has 1 saturated heterocycles. The number of hydrogen-bond acceptors (Lipinski definition) is 8. The van der Waals surface area contributed by atoms with Crippen molar-refractivity contribution < 1.29 is 19.1 Å². The zero-order valence-corrected chi connectivity index (χ0v) is 15.3. The fraction of sp³-hybridized carbons (Fsp3) is 0.400. The van der Waals surface area contributed by atoms with Crippen molar-refractivity contribution in [2.75, 3.05) is 25.4 Å². The standard InChI is InChI=1S/C15H16N4O4S2/c1-3-23-13-10-8(2)11(25-14(10)18-7-17-13)12(21)16-4-5-19-9(20)6-24-15(19)22/h7H,3-6H2,1-2H3,(H,16,21). The molecule has 3 heterocycles. The van der Waals surface area contributed by atoms with Gasteiger partial charge in [0, 0.05) is 13.1 Å². The molecule has 1 fully saturated rings. The van der Waals surface area contributed by atoms with Gasteiger partial charge in [-0.3, -0.25) is 19.3 Å². The van der Waals surface area contributed by atoms with Gasteiger partial charge in [0.1, 0.15) is 11.2 Å². The quantitative estimate of drug-likeness (QED) is 0.815. The minimum absolute atomic E-state index is 0.168. The van der Waals surface area contributed by atoms with E-state index in [2.05, 4.69) is 15.3 Å². The van der Waals surface area contributed by atoms with E-state index in [1.807, 2.05) is 13.8 Å². The van der Waals surface area contributed by atoms with Gasteiger partial charge in [-0.05, 0) is 19.4 Å². The number of thioether (sulfide) groups is 1. The van der Waals surface area contributed by atoms with Crippen molar-refractivity contribution in [1.29, 1.82) is 0 Å². The molecule has 0 radical (unpaired) electrons. The van der Waals surface area contributed by atoms with Gasteiger partial charge in [-0.2, -0.15) is 0 Å². The zero-order valence-electron chi connectivity index (χ0n) is 13.7. The first-order valence-electron chi connectivity index (χ1n) is 7.65. The van der Waals surface area contributed by atoms with E-state index in [1.165, 1.54) is 17.7 Å². The van der Waals surface area contributed by atoms with Crippen LogP contribution in [0.4, 0.5) is 4.79 Å². The molecule has 1 N–H and O–H groups in total. The zero-order chi connectivity index (χ0) is 18.0. The first-order chi connectivity index (χ1) is 12.0. The van der Waals surface area contributed by atoms with Crippen molar-refractivity contribution in [2.24, 2.45) is 0 Å². The van der Waals surface area contributed by atoms with Crippen LogP contribution in [-0.2, 0) is 4.79 Å². The molecule has 0 atom stereocenters. The molecule has 1 aliphatic heterocycles. The number of carbonyl (C=O) groups is 3. The van der Waals surface area contributed by atoms with Gasteiger partial charge >= 0.3 is 0 Å². The second-order valence-electron chi connectivity index (χ2n) is 5.20. The highest BCUT2D eigenvalue weighted by Gasteiger charge is 2.29. The lowest BCUT2D eigenvalue weighted by atomic mass is 10.2. The average Bonchev–Trinajstić information content (AvgIpc) is 3.10. The molecule has 25 heavy (non-hydrogen) atoms. The smallest absolute Gasteiger partial charge is 0.288 e. The first-order valence-corrected chi connectivity index (χ1v) is 9.45. The van der Waals surface area contributed by atoms with E-state index in [9.17, 15) is 14.4 Å². The molecule has 0 unspecified atom stereocenters. The monoisotopic (exact) mass is 380 g/mol. The van der Waals surface area contributed by atoms with Crippen molar-refractivity contribution >= 4 is 50.4 Å². The van der Waals surface area contributed by atoms with Gasteiger partial charge in [-0.15, -0.1) is 11.3 Å². The summed E-state index contributed by atoms with van der Waals surface area (Å²) >= 11 is 2.24. The number of thiophene rings is 1. The molecular weight excluding hydrogens is 364 g/mol. The summed E-state index contributed by atoms with van der Waals surface area (Å²) in [5, 5.41) is 3.21. The number of imide groups is 1. The van der Waals surface area contributed by atoms with Gasteiger partial charge in [0.25, 0.3) is 11.1 Å². The lowest BCUT2D eigenvalue weighted by Gasteiger charge is -2.12. The number of hydrogen-bond donors (Lipinski definition) is 1. The third-order valence-electron chi connectivity index (χ3n) is 3.64. The lowest BCUT2D eigenvalue weighted by molar-refractivity contribution is -0.124. The second-order valence-corrected chi connectivity index (χ2v) is 7.13. The minimum Gasteiger partial charge on any atom is -0.477 e. The van der Waals surface area contributed by atoms with Crippen LogP contribution in [0.1, 0.15) is 22.2 Å². The van der Waals surface area contributed by atoms with Gasteiger partial charge in [0.2, 0.25) is 11.8 Å². The van der Waals surface area contributed by atoms with Crippen molar-refractivity contribution in [1.82, 2.24) is 20.2 Å². The topological polar surface area (TPSA) is 101 Å². The highest BCUT2D eigenvalue weighted by molar-refractivity contribution is 8.14. The number of ether oxygens (including phenoxy) is 1. The number of carbonyl (C=O) groups excluding carboxylic acids is 3. The summed E-state index contributed by atoms with van der Waals surface area (Å²) in [6.07, 6.45) is 1.41. The maximum atomic E-state index is 12.5. The molecule has 2 aromatic heterocycles. The third-order valence-corrected chi connectivity index (χ3v) is 5.70. The van der Waals surface area contributed by atoms with Crippen LogP contribution in [0.5, 0.6) is 5.88 Å². The van der Waals surface area contributed by atoms with Crippen LogP contribution in [0.2, 0.25) is 0 Å². The number of aromatic nitrogens is 2. The summed E-state index contributed by atoms with van der Waals surface area (Å²) in [6, 6.07) is 0. The number of aryl methyl sites for hydroxylation is 1. The van der Waals surface area contributed by atoms with E-state index in [4.69, 9.17) is 4.74 Å². The minimum atomic E-state index is -0.270. The fourth-order valence-corrected chi connectivity index (χ4v) is 4.27. The van der Waals surface area contributed by atoms with Crippen molar-refractivity contribution in [3.8, 4) is 5.88 Å². The Balaban J connectivity index is 1.72. The Labute approximate surface area is 152 Å². The molecule has 0 bridgehead atoms. The molecular formula is C15H16N4O4S2. The lowest BCUT2D eigenvalue weighted by Crippen LogP contribution is -2.37. The summed E-state index contributed by atoms with van der Waals surface area (Å²) in [4.78, 5) is 46.2. The number of rotatable bonds is 6. The van der Waals surface area contributed by atoms with Gasteiger partial charge in [0.05, 0.1) is 22.6 Å². The Morgan fingerprint density at radius 2 is 2.20 bits per heavy atom. The molecule has 2 aromatic rings. The Hall–Kier alpha value is -2.20. The highest BCUT2D eigenvalue weighted by Crippen LogP contribution is 2.34. The van der Waals surface area contributed by atoms with Crippen LogP contribution in [-0.4, -0.2) is 57.4 Å². The molecule has 3 amide bonds. The van der Waals surface area contributed by atoms with E-state index in [-0.39, 0.29) is 35.9 Å². The summed E-state index contributed by atoms with van der Waals surface area (Å²) in [5.74, 6) is 0.139. The number of amides is 3. The third kappa shape index (κ3) is 3.45. The molecule has 0 saturated carbocycles. The number of nitrogens with zero attached hydrogens (tertiary/aromatic N) is 3. The van der Waals surface area contributed by atoms with Crippen LogP contribution < -0.4 is 10.1 Å². The predicted molar refractivity (Wildman–Crippen MR) is 95.2 cm³/mol. The fourth-order valence-electron chi connectivity index (χ4n) is 2.46. The van der Waals surface area contributed by atoms with Gasteiger partial charge in [-0.25, -0.2) is 9.97 Å². The Morgan fingerprint density at radius 3 is 2.88 bits per heavy atom. The van der Waals surface area contributed by atoms with E-state index in [0.29, 0.717) is 22.2 Å². The van der Waals surface area contributed by atoms with Crippen molar-refractivity contribution in [2.45, 2.75) is 13.8 Å². The maximum Gasteiger partial charge on any atom is 0.288 e. The summed E-state index contributed by atoms with van der Waals surface area (Å²) < 4.78 is 5.51. The number of nitrogens with one attached hydrogen (secondary N) is 1. The summed E-state index contributed by atoms with van der Waals surface area (Å²) in [7, 11) is 0. The molecule has 132 valence electrons. The normalized spacial score (nSPS) is 14.4. The van der Waals surface area contributed by atoms with E-state index >= 15 is 0 Å². The molecule has 0 aliphatic carbocycles. The van der Waals surface area contributed by atoms with Crippen LogP contribution >= 0.6 is 23.1 Å². The van der Waals surface area contributed by atoms with Gasteiger partial charge in [0.15, 0.2) is 0 Å². The Bertz CT molecular complexity index is 835. The van der Waals surface area contributed by atoms with Gasteiger partial charge in [-0.1, -0.05) is 11.8 Å². The maximum absolute atomic E-state index is 12.5. The molecule has 0 spiro atoms. The average molecular weight is 380 g/mol. The van der Waals surface area contributed by atoms with Crippen LogP contribution in [0.15, 0.2) is 6.33 Å². The largest absolute Gasteiger partial charge is 0.477 e. The molecule has 3 rings (SSSR count). The van der Waals surface area contributed by atoms with E-state index < -0.39 is 0 Å². The van der Waals surface area contributed by atoms with Crippen molar-refractivity contribution in [3.63, 3.8) is 0 Å². The molecule has 10 heteroatoms. The molecule has 8 nitrogen and oxygen atoms in total. The summed E-state index contributed by atoms with van der Waals surface area (Å²) in [5.41, 5.74) is 0.755. The van der Waals surface area contributed by atoms with Gasteiger partial charge < -0.3 is 10.1 Å². The van der Waals surface area contributed by atoms with Crippen molar-refractivity contribution in [3.05, 3.63) is 16.8 Å². The first kappa shape index (κ1) is 17.6. The second kappa shape index (κ2) is 7.36. The highest BCUT2D eigenvalue weighted by atomic mass is 32.2. The SMILES string of the molecule is CCOc1ncnc2sc(C(=O)NCCN3C(=O)CSC3=O)c(C)c12. The summed E-state index contributed by atoms with van der Waals surface area (Å²) in [6.45, 7) is 4.53.